The molecular formula is C15H19N3O3S. The molecule has 0 saturated carbocycles. The third-order valence-electron chi connectivity index (χ3n) is 3.70. The normalized spacial score (nSPS) is 20.1. The SMILES string of the molecule is Cc1nnc([C@@H]2CN(C(=O)[C@@H](C)Cc3cccs3)CCO2)o1. The van der Waals surface area contributed by atoms with Gasteiger partial charge in [-0.3, -0.25) is 4.79 Å². The van der Waals surface area contributed by atoms with Crippen molar-refractivity contribution in [3.8, 4) is 0 Å². The van der Waals surface area contributed by atoms with E-state index in [1.54, 1.807) is 18.3 Å². The molecule has 0 unspecified atom stereocenters. The molecular weight excluding hydrogens is 302 g/mol. The number of amides is 1. The van der Waals surface area contributed by atoms with E-state index >= 15 is 0 Å². The van der Waals surface area contributed by atoms with E-state index in [2.05, 4.69) is 16.3 Å². The zero-order valence-electron chi connectivity index (χ0n) is 12.7. The van der Waals surface area contributed by atoms with Crippen molar-refractivity contribution in [1.82, 2.24) is 15.1 Å². The average molecular weight is 321 g/mol. The fraction of sp³-hybridized carbons (Fsp3) is 0.533. The number of aromatic nitrogens is 2. The number of aryl methyl sites for hydroxylation is 1. The standard InChI is InChI=1S/C15H19N3O3S/c1-10(8-12-4-3-7-22-12)15(19)18-5-6-20-13(9-18)14-17-16-11(2)21-14/h3-4,7,10,13H,5-6,8-9H2,1-2H3/t10-,13-/m0/s1. The van der Waals surface area contributed by atoms with E-state index < -0.39 is 0 Å². The lowest BCUT2D eigenvalue weighted by atomic mass is 10.0. The first-order valence-corrected chi connectivity index (χ1v) is 8.24. The van der Waals surface area contributed by atoms with Crippen molar-refractivity contribution in [3.05, 3.63) is 34.2 Å². The highest BCUT2D eigenvalue weighted by molar-refractivity contribution is 7.09. The van der Waals surface area contributed by atoms with Crippen LogP contribution in [-0.4, -0.2) is 40.7 Å². The van der Waals surface area contributed by atoms with Crippen LogP contribution in [0.15, 0.2) is 21.9 Å². The first kappa shape index (κ1) is 15.2. The lowest BCUT2D eigenvalue weighted by molar-refractivity contribution is -0.143. The number of nitrogens with zero attached hydrogens (tertiary/aromatic N) is 3. The molecule has 3 heterocycles. The van der Waals surface area contributed by atoms with E-state index in [-0.39, 0.29) is 17.9 Å². The second-order valence-electron chi connectivity index (χ2n) is 5.49. The van der Waals surface area contributed by atoms with E-state index in [0.29, 0.717) is 31.5 Å². The third kappa shape index (κ3) is 3.36. The Kier molecular flexibility index (Phi) is 4.54. The quantitative estimate of drug-likeness (QED) is 0.863. The molecule has 1 fully saturated rings. The molecule has 0 radical (unpaired) electrons. The number of morpholine rings is 1. The molecule has 22 heavy (non-hydrogen) atoms. The number of hydrogen-bond acceptors (Lipinski definition) is 6. The van der Waals surface area contributed by atoms with Crippen molar-refractivity contribution in [1.29, 1.82) is 0 Å². The van der Waals surface area contributed by atoms with Gasteiger partial charge in [0, 0.05) is 24.3 Å². The molecule has 2 atom stereocenters. The Morgan fingerprint density at radius 3 is 3.09 bits per heavy atom. The lowest BCUT2D eigenvalue weighted by Gasteiger charge is -2.33. The molecule has 0 aromatic carbocycles. The van der Waals surface area contributed by atoms with Gasteiger partial charge >= 0.3 is 0 Å². The minimum Gasteiger partial charge on any atom is -0.423 e. The van der Waals surface area contributed by atoms with Gasteiger partial charge in [-0.2, -0.15) is 0 Å². The maximum absolute atomic E-state index is 12.6. The van der Waals surface area contributed by atoms with Crippen LogP contribution in [0.1, 0.15) is 29.7 Å². The molecule has 0 bridgehead atoms. The summed E-state index contributed by atoms with van der Waals surface area (Å²) in [6.07, 6.45) is 0.450. The monoisotopic (exact) mass is 321 g/mol. The van der Waals surface area contributed by atoms with Gasteiger partial charge in [0.25, 0.3) is 0 Å². The molecule has 1 amide bonds. The van der Waals surface area contributed by atoms with Gasteiger partial charge in [-0.25, -0.2) is 0 Å². The largest absolute Gasteiger partial charge is 0.423 e. The van der Waals surface area contributed by atoms with Crippen LogP contribution in [0.4, 0.5) is 0 Å². The van der Waals surface area contributed by atoms with Crippen molar-refractivity contribution in [3.63, 3.8) is 0 Å². The van der Waals surface area contributed by atoms with Crippen LogP contribution in [0.3, 0.4) is 0 Å². The van der Waals surface area contributed by atoms with Gasteiger partial charge in [0.05, 0.1) is 13.2 Å². The number of thiophene rings is 1. The Balaban J connectivity index is 1.62. The number of carbonyl (C=O) groups is 1. The summed E-state index contributed by atoms with van der Waals surface area (Å²) in [6.45, 7) is 5.28. The summed E-state index contributed by atoms with van der Waals surface area (Å²) in [5.41, 5.74) is 0. The first-order chi connectivity index (χ1) is 10.6. The first-order valence-electron chi connectivity index (χ1n) is 7.36. The maximum Gasteiger partial charge on any atom is 0.246 e. The summed E-state index contributed by atoms with van der Waals surface area (Å²) in [6, 6.07) is 4.08. The van der Waals surface area contributed by atoms with Gasteiger partial charge in [0.2, 0.25) is 17.7 Å². The van der Waals surface area contributed by atoms with E-state index in [1.807, 2.05) is 23.3 Å². The van der Waals surface area contributed by atoms with E-state index in [4.69, 9.17) is 9.15 Å². The third-order valence-corrected chi connectivity index (χ3v) is 4.60. The van der Waals surface area contributed by atoms with E-state index in [0.717, 1.165) is 6.42 Å². The van der Waals surface area contributed by atoms with Crippen molar-refractivity contribution >= 4 is 17.2 Å². The molecule has 1 aliphatic heterocycles. The van der Waals surface area contributed by atoms with Crippen molar-refractivity contribution in [2.75, 3.05) is 19.7 Å². The Morgan fingerprint density at radius 1 is 1.55 bits per heavy atom. The van der Waals surface area contributed by atoms with Crippen LogP contribution in [-0.2, 0) is 16.0 Å². The number of rotatable bonds is 4. The molecule has 3 rings (SSSR count). The molecule has 2 aromatic heterocycles. The molecule has 6 nitrogen and oxygen atoms in total. The van der Waals surface area contributed by atoms with Crippen molar-refractivity contribution < 1.29 is 13.9 Å². The molecule has 0 N–H and O–H groups in total. The Morgan fingerprint density at radius 2 is 2.41 bits per heavy atom. The van der Waals surface area contributed by atoms with E-state index in [1.165, 1.54) is 4.88 Å². The highest BCUT2D eigenvalue weighted by Gasteiger charge is 2.30. The highest BCUT2D eigenvalue weighted by Crippen LogP contribution is 2.23. The second kappa shape index (κ2) is 6.58. The van der Waals surface area contributed by atoms with Gasteiger partial charge in [0.15, 0.2) is 6.10 Å². The molecule has 1 aliphatic rings. The van der Waals surface area contributed by atoms with Gasteiger partial charge in [-0.1, -0.05) is 13.0 Å². The van der Waals surface area contributed by atoms with Crippen LogP contribution in [0.5, 0.6) is 0 Å². The topological polar surface area (TPSA) is 68.5 Å². The average Bonchev–Trinajstić information content (AvgIpc) is 3.18. The van der Waals surface area contributed by atoms with Crippen molar-refractivity contribution in [2.24, 2.45) is 5.92 Å². The lowest BCUT2D eigenvalue weighted by Crippen LogP contribution is -2.44. The number of ether oxygens (including phenoxy) is 1. The molecule has 1 saturated heterocycles. The fourth-order valence-corrected chi connectivity index (χ4v) is 3.41. The van der Waals surface area contributed by atoms with E-state index in [9.17, 15) is 4.79 Å². The van der Waals surface area contributed by atoms with Crippen LogP contribution < -0.4 is 0 Å². The van der Waals surface area contributed by atoms with Crippen LogP contribution in [0, 0.1) is 12.8 Å². The second-order valence-corrected chi connectivity index (χ2v) is 6.52. The summed E-state index contributed by atoms with van der Waals surface area (Å²) in [5.74, 6) is 1.06. The summed E-state index contributed by atoms with van der Waals surface area (Å²) in [5, 5.41) is 9.85. The summed E-state index contributed by atoms with van der Waals surface area (Å²) >= 11 is 1.69. The van der Waals surface area contributed by atoms with Gasteiger partial charge in [-0.15, -0.1) is 21.5 Å². The zero-order chi connectivity index (χ0) is 15.5. The van der Waals surface area contributed by atoms with Crippen molar-refractivity contribution in [2.45, 2.75) is 26.4 Å². The zero-order valence-corrected chi connectivity index (χ0v) is 13.5. The minimum atomic E-state index is -0.326. The summed E-state index contributed by atoms with van der Waals surface area (Å²) in [7, 11) is 0. The molecule has 0 aliphatic carbocycles. The number of carbonyl (C=O) groups excluding carboxylic acids is 1. The van der Waals surface area contributed by atoms with Gasteiger partial charge < -0.3 is 14.1 Å². The van der Waals surface area contributed by atoms with Crippen LogP contribution >= 0.6 is 11.3 Å². The Bertz CT molecular complexity index is 626. The summed E-state index contributed by atoms with van der Waals surface area (Å²) in [4.78, 5) is 15.7. The molecule has 2 aromatic rings. The highest BCUT2D eigenvalue weighted by atomic mass is 32.1. The molecule has 0 spiro atoms. The Labute approximate surface area is 133 Å². The van der Waals surface area contributed by atoms with Crippen LogP contribution in [0.25, 0.3) is 0 Å². The van der Waals surface area contributed by atoms with Crippen LogP contribution in [0.2, 0.25) is 0 Å². The predicted octanol–water partition coefficient (Wildman–Crippen LogP) is 2.22. The summed E-state index contributed by atoms with van der Waals surface area (Å²) < 4.78 is 11.1. The van der Waals surface area contributed by atoms with Gasteiger partial charge in [0.1, 0.15) is 0 Å². The smallest absolute Gasteiger partial charge is 0.246 e. The van der Waals surface area contributed by atoms with Gasteiger partial charge in [-0.05, 0) is 17.9 Å². The Hall–Kier alpha value is -1.73. The maximum atomic E-state index is 12.6. The fourth-order valence-electron chi connectivity index (χ4n) is 2.57. The minimum absolute atomic E-state index is 0.0400. The predicted molar refractivity (Wildman–Crippen MR) is 81.5 cm³/mol. The molecule has 118 valence electrons. The number of hydrogen-bond donors (Lipinski definition) is 0. The molecule has 7 heteroatoms.